The third-order valence-electron chi connectivity index (χ3n) is 3.80. The third-order valence-corrected chi connectivity index (χ3v) is 4.04. The second kappa shape index (κ2) is 6.53. The van der Waals surface area contributed by atoms with Gasteiger partial charge in [0.1, 0.15) is 0 Å². The molecule has 3 rings (SSSR count). The first-order valence-electron chi connectivity index (χ1n) is 7.16. The molecule has 106 valence electrons. The maximum Gasteiger partial charge on any atom is 0.0594 e. The van der Waals surface area contributed by atoms with Crippen LogP contribution in [0.2, 0.25) is 5.02 Å². The van der Waals surface area contributed by atoms with Gasteiger partial charge in [-0.15, -0.1) is 0 Å². The van der Waals surface area contributed by atoms with Gasteiger partial charge in [-0.25, -0.2) is 0 Å². The van der Waals surface area contributed by atoms with Crippen molar-refractivity contribution < 1.29 is 4.74 Å². The predicted molar refractivity (Wildman–Crippen MR) is 82.3 cm³/mol. The lowest BCUT2D eigenvalue weighted by molar-refractivity contribution is 0.0374. The van der Waals surface area contributed by atoms with E-state index in [1.165, 1.54) is 10.8 Å². The van der Waals surface area contributed by atoms with Crippen LogP contribution in [0, 0.1) is 0 Å². The third kappa shape index (κ3) is 3.29. The van der Waals surface area contributed by atoms with Crippen LogP contribution in [0.5, 0.6) is 0 Å². The van der Waals surface area contributed by atoms with Crippen molar-refractivity contribution in [3.8, 4) is 0 Å². The minimum atomic E-state index is 0.778. The number of aryl methyl sites for hydroxylation is 1. The molecule has 0 radical (unpaired) electrons. The SMILES string of the molecule is Clc1ccc2ccnc(CCCN3CCOCC3)c2c1. The fraction of sp³-hybridized carbons (Fsp3) is 0.438. The number of pyridine rings is 1. The molecule has 2 heterocycles. The molecule has 4 heteroatoms. The molecule has 0 atom stereocenters. The van der Waals surface area contributed by atoms with E-state index in [9.17, 15) is 0 Å². The Morgan fingerprint density at radius 3 is 2.90 bits per heavy atom. The number of aromatic nitrogens is 1. The van der Waals surface area contributed by atoms with E-state index in [2.05, 4.69) is 16.0 Å². The van der Waals surface area contributed by atoms with Crippen molar-refractivity contribution in [2.24, 2.45) is 0 Å². The summed E-state index contributed by atoms with van der Waals surface area (Å²) in [6.45, 7) is 4.94. The van der Waals surface area contributed by atoms with E-state index in [1.54, 1.807) is 0 Å². The number of hydrogen-bond donors (Lipinski definition) is 0. The van der Waals surface area contributed by atoms with Gasteiger partial charge in [0.15, 0.2) is 0 Å². The van der Waals surface area contributed by atoms with Crippen LogP contribution in [0.4, 0.5) is 0 Å². The van der Waals surface area contributed by atoms with Crippen LogP contribution in [-0.2, 0) is 11.2 Å². The van der Waals surface area contributed by atoms with Crippen molar-refractivity contribution in [3.63, 3.8) is 0 Å². The minimum Gasteiger partial charge on any atom is -0.379 e. The largest absolute Gasteiger partial charge is 0.379 e. The van der Waals surface area contributed by atoms with E-state index in [4.69, 9.17) is 16.3 Å². The summed E-state index contributed by atoms with van der Waals surface area (Å²) >= 11 is 6.10. The van der Waals surface area contributed by atoms with Crippen molar-refractivity contribution in [3.05, 3.63) is 41.2 Å². The molecular formula is C16H19ClN2O. The first-order valence-corrected chi connectivity index (χ1v) is 7.54. The summed E-state index contributed by atoms with van der Waals surface area (Å²) in [6, 6.07) is 8.05. The van der Waals surface area contributed by atoms with Crippen molar-refractivity contribution in [1.82, 2.24) is 9.88 Å². The summed E-state index contributed by atoms with van der Waals surface area (Å²) < 4.78 is 5.37. The maximum absolute atomic E-state index is 6.10. The molecule has 1 fully saturated rings. The summed E-state index contributed by atoms with van der Waals surface area (Å²) in [4.78, 5) is 6.99. The highest BCUT2D eigenvalue weighted by Gasteiger charge is 2.10. The van der Waals surface area contributed by atoms with E-state index < -0.39 is 0 Å². The van der Waals surface area contributed by atoms with Gasteiger partial charge in [-0.2, -0.15) is 0 Å². The van der Waals surface area contributed by atoms with Crippen LogP contribution < -0.4 is 0 Å². The number of halogens is 1. The van der Waals surface area contributed by atoms with Gasteiger partial charge in [0, 0.05) is 35.4 Å². The van der Waals surface area contributed by atoms with Crippen molar-refractivity contribution >= 4 is 22.4 Å². The molecule has 0 aliphatic carbocycles. The second-order valence-corrected chi connectivity index (χ2v) is 5.62. The monoisotopic (exact) mass is 290 g/mol. The molecular weight excluding hydrogens is 272 g/mol. The Labute approximate surface area is 124 Å². The van der Waals surface area contributed by atoms with Crippen LogP contribution in [0.15, 0.2) is 30.5 Å². The van der Waals surface area contributed by atoms with Gasteiger partial charge in [-0.05, 0) is 43.0 Å². The van der Waals surface area contributed by atoms with Gasteiger partial charge < -0.3 is 4.74 Å². The van der Waals surface area contributed by atoms with E-state index >= 15 is 0 Å². The van der Waals surface area contributed by atoms with Gasteiger partial charge in [0.2, 0.25) is 0 Å². The molecule has 0 saturated carbocycles. The summed E-state index contributed by atoms with van der Waals surface area (Å²) in [7, 11) is 0. The molecule has 1 aliphatic rings. The molecule has 1 saturated heterocycles. The zero-order valence-corrected chi connectivity index (χ0v) is 12.3. The number of rotatable bonds is 4. The zero-order valence-electron chi connectivity index (χ0n) is 11.5. The molecule has 3 nitrogen and oxygen atoms in total. The Kier molecular flexibility index (Phi) is 4.51. The predicted octanol–water partition coefficient (Wildman–Crippen LogP) is 3.15. The topological polar surface area (TPSA) is 25.4 Å². The molecule has 1 aliphatic heterocycles. The molecule has 1 aromatic heterocycles. The Balaban J connectivity index is 1.66. The molecule has 0 N–H and O–H groups in total. The average molecular weight is 291 g/mol. The number of ether oxygens (including phenoxy) is 1. The fourth-order valence-corrected chi connectivity index (χ4v) is 2.87. The number of nitrogens with zero attached hydrogens (tertiary/aromatic N) is 2. The number of benzene rings is 1. The number of fused-ring (bicyclic) bond motifs is 1. The van der Waals surface area contributed by atoms with Crippen LogP contribution in [0.3, 0.4) is 0 Å². The second-order valence-electron chi connectivity index (χ2n) is 5.18. The highest BCUT2D eigenvalue weighted by Crippen LogP contribution is 2.22. The summed E-state index contributed by atoms with van der Waals surface area (Å²) in [5.41, 5.74) is 1.15. The number of hydrogen-bond acceptors (Lipinski definition) is 3. The molecule has 0 unspecified atom stereocenters. The maximum atomic E-state index is 6.10. The quantitative estimate of drug-likeness (QED) is 0.865. The molecule has 0 spiro atoms. The Morgan fingerprint density at radius 1 is 1.20 bits per heavy atom. The smallest absolute Gasteiger partial charge is 0.0594 e. The first-order chi connectivity index (χ1) is 9.83. The molecule has 0 amide bonds. The normalized spacial score (nSPS) is 16.6. The van der Waals surface area contributed by atoms with Crippen LogP contribution in [0.25, 0.3) is 10.8 Å². The van der Waals surface area contributed by atoms with E-state index in [0.29, 0.717) is 0 Å². The molecule has 2 aromatic rings. The summed E-state index contributed by atoms with van der Waals surface area (Å²) in [5.74, 6) is 0. The lowest BCUT2D eigenvalue weighted by Gasteiger charge is -2.26. The lowest BCUT2D eigenvalue weighted by atomic mass is 10.1. The Morgan fingerprint density at radius 2 is 2.05 bits per heavy atom. The van der Waals surface area contributed by atoms with Crippen LogP contribution >= 0.6 is 11.6 Å². The number of morpholine rings is 1. The lowest BCUT2D eigenvalue weighted by Crippen LogP contribution is -2.36. The van der Waals surface area contributed by atoms with Crippen LogP contribution in [0.1, 0.15) is 12.1 Å². The zero-order chi connectivity index (χ0) is 13.8. The highest BCUT2D eigenvalue weighted by molar-refractivity contribution is 6.31. The van der Waals surface area contributed by atoms with Crippen molar-refractivity contribution in [2.75, 3.05) is 32.8 Å². The van der Waals surface area contributed by atoms with Crippen molar-refractivity contribution in [1.29, 1.82) is 0 Å². The van der Waals surface area contributed by atoms with Gasteiger partial charge in [-0.3, -0.25) is 9.88 Å². The Hall–Kier alpha value is -1.16. The van der Waals surface area contributed by atoms with Gasteiger partial charge in [-0.1, -0.05) is 17.7 Å². The van der Waals surface area contributed by atoms with Gasteiger partial charge in [0.25, 0.3) is 0 Å². The van der Waals surface area contributed by atoms with Crippen molar-refractivity contribution in [2.45, 2.75) is 12.8 Å². The first kappa shape index (κ1) is 13.8. The molecule has 1 aromatic carbocycles. The Bertz CT molecular complexity index is 582. The van der Waals surface area contributed by atoms with Crippen LogP contribution in [-0.4, -0.2) is 42.7 Å². The standard InChI is InChI=1S/C16H19ClN2O/c17-14-4-3-13-5-6-18-16(15(13)12-14)2-1-7-19-8-10-20-11-9-19/h3-6,12H,1-2,7-11H2. The van der Waals surface area contributed by atoms with E-state index in [0.717, 1.165) is 56.4 Å². The summed E-state index contributed by atoms with van der Waals surface area (Å²) in [5, 5.41) is 3.17. The molecule has 0 bridgehead atoms. The highest BCUT2D eigenvalue weighted by atomic mass is 35.5. The summed E-state index contributed by atoms with van der Waals surface area (Å²) in [6.07, 6.45) is 4.01. The average Bonchev–Trinajstić information content (AvgIpc) is 2.49. The van der Waals surface area contributed by atoms with E-state index in [-0.39, 0.29) is 0 Å². The fourth-order valence-electron chi connectivity index (χ4n) is 2.69. The van der Waals surface area contributed by atoms with Gasteiger partial charge in [0.05, 0.1) is 13.2 Å². The van der Waals surface area contributed by atoms with Gasteiger partial charge >= 0.3 is 0 Å². The van der Waals surface area contributed by atoms with E-state index in [1.807, 2.05) is 24.4 Å². The minimum absolute atomic E-state index is 0.778. The molecule has 20 heavy (non-hydrogen) atoms.